The Morgan fingerprint density at radius 1 is 1.23 bits per heavy atom. The second-order valence-corrected chi connectivity index (χ2v) is 8.54. The second kappa shape index (κ2) is 6.76. The van der Waals surface area contributed by atoms with E-state index in [-0.39, 0.29) is 22.9 Å². The Morgan fingerprint density at radius 3 is 2.32 bits per heavy atom. The Labute approximate surface area is 132 Å². The lowest BCUT2D eigenvalue weighted by molar-refractivity contribution is -0.115. The van der Waals surface area contributed by atoms with Crippen molar-refractivity contribution >= 4 is 21.6 Å². The van der Waals surface area contributed by atoms with Gasteiger partial charge in [-0.2, -0.15) is 0 Å². The summed E-state index contributed by atoms with van der Waals surface area (Å²) < 4.78 is 25.7. The number of sulfonamides is 1. The molecule has 22 heavy (non-hydrogen) atoms. The zero-order valence-corrected chi connectivity index (χ0v) is 14.8. The summed E-state index contributed by atoms with van der Waals surface area (Å²) in [6.07, 6.45) is 0. The van der Waals surface area contributed by atoms with E-state index in [1.54, 1.807) is 19.1 Å². The van der Waals surface area contributed by atoms with E-state index in [4.69, 9.17) is 0 Å². The van der Waals surface area contributed by atoms with Gasteiger partial charge < -0.3 is 10.6 Å². The van der Waals surface area contributed by atoms with Crippen LogP contribution in [0, 0.1) is 6.92 Å². The Hall–Kier alpha value is -1.44. The van der Waals surface area contributed by atoms with Crippen molar-refractivity contribution in [1.29, 1.82) is 0 Å². The van der Waals surface area contributed by atoms with E-state index in [1.807, 2.05) is 20.8 Å². The third-order valence-corrected chi connectivity index (χ3v) is 4.97. The molecule has 0 fully saturated rings. The topological polar surface area (TPSA) is 78.5 Å². The first-order chi connectivity index (χ1) is 9.93. The summed E-state index contributed by atoms with van der Waals surface area (Å²) >= 11 is 0. The van der Waals surface area contributed by atoms with Crippen molar-refractivity contribution in [1.82, 2.24) is 9.62 Å². The molecule has 1 rings (SSSR count). The molecule has 0 aliphatic rings. The molecule has 6 nitrogen and oxygen atoms in total. The highest BCUT2D eigenvalue weighted by atomic mass is 32.2. The average Bonchev–Trinajstić information content (AvgIpc) is 2.37. The number of carbonyl (C=O) groups excluding carboxylic acids is 1. The van der Waals surface area contributed by atoms with Crippen LogP contribution in [0.5, 0.6) is 0 Å². The van der Waals surface area contributed by atoms with Crippen LogP contribution in [0.3, 0.4) is 0 Å². The fourth-order valence-corrected chi connectivity index (χ4v) is 2.85. The minimum absolute atomic E-state index is 0.160. The van der Waals surface area contributed by atoms with Crippen LogP contribution in [-0.4, -0.2) is 44.8 Å². The van der Waals surface area contributed by atoms with Gasteiger partial charge in [0.25, 0.3) is 0 Å². The summed E-state index contributed by atoms with van der Waals surface area (Å²) in [6.45, 7) is 7.78. The van der Waals surface area contributed by atoms with Crippen molar-refractivity contribution in [2.75, 3.05) is 26.0 Å². The van der Waals surface area contributed by atoms with Crippen LogP contribution in [0.4, 0.5) is 5.69 Å². The van der Waals surface area contributed by atoms with E-state index in [2.05, 4.69) is 10.6 Å². The molecule has 0 spiro atoms. The molecule has 7 heteroatoms. The molecule has 2 N–H and O–H groups in total. The number of aryl methyl sites for hydroxylation is 1. The van der Waals surface area contributed by atoms with E-state index in [0.717, 1.165) is 4.31 Å². The lowest BCUT2D eigenvalue weighted by Gasteiger charge is -2.20. The number of nitrogens with one attached hydrogen (secondary N) is 2. The van der Waals surface area contributed by atoms with Gasteiger partial charge in [-0.15, -0.1) is 0 Å². The quantitative estimate of drug-likeness (QED) is 0.860. The normalized spacial score (nSPS) is 12.5. The van der Waals surface area contributed by atoms with Crippen molar-refractivity contribution in [3.8, 4) is 0 Å². The highest BCUT2D eigenvalue weighted by Crippen LogP contribution is 2.22. The highest BCUT2D eigenvalue weighted by Gasteiger charge is 2.20. The Kier molecular flexibility index (Phi) is 5.72. The van der Waals surface area contributed by atoms with Crippen LogP contribution in [0.15, 0.2) is 23.1 Å². The molecule has 0 saturated carbocycles. The van der Waals surface area contributed by atoms with Gasteiger partial charge in [0.05, 0.1) is 11.4 Å². The number of benzene rings is 1. The van der Waals surface area contributed by atoms with Gasteiger partial charge in [0.1, 0.15) is 0 Å². The van der Waals surface area contributed by atoms with Gasteiger partial charge in [-0.3, -0.25) is 4.79 Å². The van der Waals surface area contributed by atoms with Crippen LogP contribution in [0.25, 0.3) is 0 Å². The molecule has 0 saturated heterocycles. The minimum Gasteiger partial charge on any atom is -0.325 e. The predicted octanol–water partition coefficient (Wildman–Crippen LogP) is 1.57. The SMILES string of the molecule is Cc1ccc(NC(=O)CNC(C)(C)C)cc1S(=O)(=O)N(C)C. The standard InChI is InChI=1S/C15H25N3O3S/c1-11-7-8-12(9-13(11)22(20,21)18(5)6)17-14(19)10-16-15(2,3)4/h7-9,16H,10H2,1-6H3,(H,17,19). The largest absolute Gasteiger partial charge is 0.325 e. The third-order valence-electron chi connectivity index (χ3n) is 3.01. The van der Waals surface area contributed by atoms with Crippen LogP contribution in [-0.2, 0) is 14.8 Å². The van der Waals surface area contributed by atoms with Crippen molar-refractivity contribution in [2.45, 2.75) is 38.1 Å². The first kappa shape index (κ1) is 18.6. The van der Waals surface area contributed by atoms with Crippen molar-refractivity contribution in [3.63, 3.8) is 0 Å². The van der Waals surface area contributed by atoms with Gasteiger partial charge in [0.2, 0.25) is 15.9 Å². The van der Waals surface area contributed by atoms with Gasteiger partial charge in [-0.25, -0.2) is 12.7 Å². The van der Waals surface area contributed by atoms with E-state index in [9.17, 15) is 13.2 Å². The van der Waals surface area contributed by atoms with Crippen molar-refractivity contribution in [2.24, 2.45) is 0 Å². The molecule has 1 aromatic rings. The molecule has 0 aliphatic heterocycles. The van der Waals surface area contributed by atoms with Gasteiger partial charge in [-0.1, -0.05) is 6.07 Å². The molecule has 0 bridgehead atoms. The maximum absolute atomic E-state index is 12.2. The predicted molar refractivity (Wildman–Crippen MR) is 88.4 cm³/mol. The van der Waals surface area contributed by atoms with E-state index in [0.29, 0.717) is 11.3 Å². The molecule has 0 radical (unpaired) electrons. The van der Waals surface area contributed by atoms with Crippen LogP contribution < -0.4 is 10.6 Å². The number of rotatable bonds is 5. The van der Waals surface area contributed by atoms with Crippen LogP contribution in [0.2, 0.25) is 0 Å². The molecule has 0 aromatic heterocycles. The van der Waals surface area contributed by atoms with Gasteiger partial charge >= 0.3 is 0 Å². The zero-order valence-electron chi connectivity index (χ0n) is 14.0. The molecular weight excluding hydrogens is 302 g/mol. The fraction of sp³-hybridized carbons (Fsp3) is 0.533. The molecule has 124 valence electrons. The lowest BCUT2D eigenvalue weighted by atomic mass is 10.1. The monoisotopic (exact) mass is 327 g/mol. The Bertz CT molecular complexity index is 646. The van der Waals surface area contributed by atoms with Gasteiger partial charge in [0, 0.05) is 25.3 Å². The summed E-state index contributed by atoms with van der Waals surface area (Å²) in [6, 6.07) is 4.86. The Balaban J connectivity index is 2.93. The van der Waals surface area contributed by atoms with Crippen LogP contribution in [0.1, 0.15) is 26.3 Å². The number of hydrogen-bond donors (Lipinski definition) is 2. The molecular formula is C15H25N3O3S. The van der Waals surface area contributed by atoms with E-state index >= 15 is 0 Å². The van der Waals surface area contributed by atoms with Crippen molar-refractivity contribution in [3.05, 3.63) is 23.8 Å². The maximum Gasteiger partial charge on any atom is 0.242 e. The second-order valence-electron chi connectivity index (χ2n) is 6.42. The van der Waals surface area contributed by atoms with Crippen molar-refractivity contribution < 1.29 is 13.2 Å². The zero-order chi connectivity index (χ0) is 17.1. The van der Waals surface area contributed by atoms with Gasteiger partial charge in [0.15, 0.2) is 0 Å². The first-order valence-corrected chi connectivity index (χ1v) is 8.45. The summed E-state index contributed by atoms with van der Waals surface area (Å²) in [5.41, 5.74) is 0.940. The summed E-state index contributed by atoms with van der Waals surface area (Å²) in [5, 5.41) is 5.79. The average molecular weight is 327 g/mol. The fourth-order valence-electron chi connectivity index (χ4n) is 1.70. The number of anilines is 1. The number of hydrogen-bond acceptors (Lipinski definition) is 4. The molecule has 0 heterocycles. The highest BCUT2D eigenvalue weighted by molar-refractivity contribution is 7.89. The number of amides is 1. The summed E-state index contributed by atoms with van der Waals surface area (Å²) in [4.78, 5) is 12.1. The molecule has 0 aliphatic carbocycles. The Morgan fingerprint density at radius 2 is 1.82 bits per heavy atom. The first-order valence-electron chi connectivity index (χ1n) is 7.01. The van der Waals surface area contributed by atoms with Gasteiger partial charge in [-0.05, 0) is 45.4 Å². The summed E-state index contributed by atoms with van der Waals surface area (Å²) in [5.74, 6) is -0.216. The van der Waals surface area contributed by atoms with E-state index < -0.39 is 10.0 Å². The molecule has 0 unspecified atom stereocenters. The maximum atomic E-state index is 12.2. The number of nitrogens with zero attached hydrogens (tertiary/aromatic N) is 1. The smallest absolute Gasteiger partial charge is 0.242 e. The molecule has 0 atom stereocenters. The third kappa shape index (κ3) is 5.08. The lowest BCUT2D eigenvalue weighted by Crippen LogP contribution is -2.41. The summed E-state index contributed by atoms with van der Waals surface area (Å²) in [7, 11) is -0.576. The number of carbonyl (C=O) groups is 1. The minimum atomic E-state index is -3.53. The molecule has 1 aromatic carbocycles. The van der Waals surface area contributed by atoms with E-state index in [1.165, 1.54) is 20.2 Å². The molecule has 1 amide bonds. The van der Waals surface area contributed by atoms with Crippen LogP contribution >= 0.6 is 0 Å².